The van der Waals surface area contributed by atoms with Gasteiger partial charge in [0.25, 0.3) is 0 Å². The lowest BCUT2D eigenvalue weighted by Crippen LogP contribution is -2.29. The van der Waals surface area contributed by atoms with E-state index in [2.05, 4.69) is 23.3 Å². The number of carbonyl (C=O) groups excluding carboxylic acids is 1. The lowest BCUT2D eigenvalue weighted by molar-refractivity contribution is -0.118. The predicted octanol–water partition coefficient (Wildman–Crippen LogP) is 3.83. The van der Waals surface area contributed by atoms with Gasteiger partial charge in [-0.2, -0.15) is 0 Å². The number of pyridine rings is 1. The van der Waals surface area contributed by atoms with Gasteiger partial charge in [-0.05, 0) is 36.8 Å². The minimum atomic E-state index is -0.0192. The minimum absolute atomic E-state index is 0.0192. The van der Waals surface area contributed by atoms with Crippen LogP contribution in [0.15, 0.2) is 65.7 Å². The average molecular weight is 352 g/mol. The van der Waals surface area contributed by atoms with Gasteiger partial charge < -0.3 is 10.1 Å². The summed E-state index contributed by atoms with van der Waals surface area (Å²) in [5.74, 6) is 1.13. The van der Waals surface area contributed by atoms with Crippen molar-refractivity contribution in [1.82, 2.24) is 10.3 Å². The first-order chi connectivity index (χ1) is 12.2. The van der Waals surface area contributed by atoms with Crippen LogP contribution < -0.4 is 10.1 Å². The molecule has 1 heterocycles. The zero-order valence-electron chi connectivity index (χ0n) is 14.1. The first-order valence-electron chi connectivity index (χ1n) is 8.16. The van der Waals surface area contributed by atoms with Crippen molar-refractivity contribution in [1.29, 1.82) is 0 Å². The van der Waals surface area contributed by atoms with Crippen LogP contribution in [-0.4, -0.2) is 29.8 Å². The summed E-state index contributed by atoms with van der Waals surface area (Å²) in [7, 11) is 0. The van der Waals surface area contributed by atoms with E-state index < -0.39 is 0 Å². The molecule has 0 unspecified atom stereocenters. The Balaban J connectivity index is 1.44. The number of amides is 1. The number of aryl methyl sites for hydroxylation is 1. The Morgan fingerprint density at radius 3 is 2.72 bits per heavy atom. The fourth-order valence-electron chi connectivity index (χ4n) is 2.46. The lowest BCUT2D eigenvalue weighted by atomic mass is 10.1. The molecule has 0 spiro atoms. The monoisotopic (exact) mass is 352 g/mol. The standard InChI is InChI=1S/C20H20N2O2S/c1-15-13-20(22-18-10-6-5-9-17(15)18)25-14-19(23)21-11-12-24-16-7-3-2-4-8-16/h2-10,13H,11-12,14H2,1H3,(H,21,23). The van der Waals surface area contributed by atoms with Crippen molar-refractivity contribution in [2.75, 3.05) is 18.9 Å². The van der Waals surface area contributed by atoms with E-state index >= 15 is 0 Å². The molecule has 2 aromatic carbocycles. The van der Waals surface area contributed by atoms with Gasteiger partial charge >= 0.3 is 0 Å². The van der Waals surface area contributed by atoms with Gasteiger partial charge in [-0.25, -0.2) is 4.98 Å². The number of carbonyl (C=O) groups is 1. The fourth-order valence-corrected chi connectivity index (χ4v) is 3.26. The van der Waals surface area contributed by atoms with Gasteiger partial charge in [-0.3, -0.25) is 4.79 Å². The van der Waals surface area contributed by atoms with Gasteiger partial charge in [0, 0.05) is 5.39 Å². The molecule has 0 saturated carbocycles. The normalized spacial score (nSPS) is 10.6. The van der Waals surface area contributed by atoms with Gasteiger partial charge in [-0.15, -0.1) is 0 Å². The van der Waals surface area contributed by atoms with Crippen molar-refractivity contribution in [2.45, 2.75) is 11.9 Å². The number of aromatic nitrogens is 1. The van der Waals surface area contributed by atoms with Crippen molar-refractivity contribution in [3.8, 4) is 5.75 Å². The summed E-state index contributed by atoms with van der Waals surface area (Å²) < 4.78 is 5.55. The summed E-state index contributed by atoms with van der Waals surface area (Å²) in [5, 5.41) is 4.88. The molecule has 1 aromatic heterocycles. The summed E-state index contributed by atoms with van der Waals surface area (Å²) in [6.45, 7) is 3.00. The minimum Gasteiger partial charge on any atom is -0.492 e. The third-order valence-corrected chi connectivity index (χ3v) is 4.60. The van der Waals surface area contributed by atoms with E-state index in [-0.39, 0.29) is 5.91 Å². The van der Waals surface area contributed by atoms with Crippen LogP contribution in [0.2, 0.25) is 0 Å². The number of benzene rings is 2. The molecule has 0 aliphatic rings. The van der Waals surface area contributed by atoms with Crippen LogP contribution in [0.5, 0.6) is 5.75 Å². The number of hydrogen-bond acceptors (Lipinski definition) is 4. The molecule has 3 aromatic rings. The highest BCUT2D eigenvalue weighted by Gasteiger charge is 2.06. The van der Waals surface area contributed by atoms with Crippen LogP contribution in [0.3, 0.4) is 0 Å². The van der Waals surface area contributed by atoms with Gasteiger partial charge in [-0.1, -0.05) is 48.2 Å². The maximum absolute atomic E-state index is 12.0. The molecule has 128 valence electrons. The molecule has 1 N–H and O–H groups in total. The van der Waals surface area contributed by atoms with Crippen molar-refractivity contribution in [3.05, 3.63) is 66.2 Å². The van der Waals surface area contributed by atoms with E-state index in [1.807, 2.05) is 54.6 Å². The second-order valence-electron chi connectivity index (χ2n) is 5.59. The third kappa shape index (κ3) is 4.97. The van der Waals surface area contributed by atoms with Gasteiger partial charge in [0.2, 0.25) is 5.91 Å². The largest absolute Gasteiger partial charge is 0.492 e. The predicted molar refractivity (Wildman–Crippen MR) is 102 cm³/mol. The zero-order valence-corrected chi connectivity index (χ0v) is 14.9. The Bertz CT molecular complexity index is 853. The summed E-state index contributed by atoms with van der Waals surface area (Å²) in [4.78, 5) is 16.6. The summed E-state index contributed by atoms with van der Waals surface area (Å²) in [6.07, 6.45) is 0. The maximum atomic E-state index is 12.0. The molecule has 5 heteroatoms. The number of nitrogens with zero attached hydrogens (tertiary/aromatic N) is 1. The van der Waals surface area contributed by atoms with Crippen molar-refractivity contribution in [3.63, 3.8) is 0 Å². The Hall–Kier alpha value is -2.53. The number of ether oxygens (including phenoxy) is 1. The summed E-state index contributed by atoms with van der Waals surface area (Å²) in [5.41, 5.74) is 2.13. The number of para-hydroxylation sites is 2. The van der Waals surface area contributed by atoms with Crippen LogP contribution in [-0.2, 0) is 4.79 Å². The van der Waals surface area contributed by atoms with Crippen molar-refractivity contribution >= 4 is 28.6 Å². The third-order valence-electron chi connectivity index (χ3n) is 3.69. The van der Waals surface area contributed by atoms with Crippen LogP contribution in [0.1, 0.15) is 5.56 Å². The van der Waals surface area contributed by atoms with Crippen LogP contribution in [0.25, 0.3) is 10.9 Å². The topological polar surface area (TPSA) is 51.2 Å². The molecule has 0 radical (unpaired) electrons. The smallest absolute Gasteiger partial charge is 0.230 e. The van der Waals surface area contributed by atoms with Gasteiger partial charge in [0.1, 0.15) is 12.4 Å². The first-order valence-corrected chi connectivity index (χ1v) is 9.15. The average Bonchev–Trinajstić information content (AvgIpc) is 2.64. The number of hydrogen-bond donors (Lipinski definition) is 1. The van der Waals surface area contributed by atoms with Gasteiger partial charge in [0.05, 0.1) is 22.8 Å². The Morgan fingerprint density at radius 1 is 1.12 bits per heavy atom. The van der Waals surface area contributed by atoms with E-state index in [4.69, 9.17) is 4.74 Å². The fraction of sp³-hybridized carbons (Fsp3) is 0.200. The molecular formula is C20H20N2O2S. The maximum Gasteiger partial charge on any atom is 0.230 e. The SMILES string of the molecule is Cc1cc(SCC(=O)NCCOc2ccccc2)nc2ccccc12. The van der Waals surface area contributed by atoms with Gasteiger partial charge in [0.15, 0.2) is 0 Å². The molecular weight excluding hydrogens is 332 g/mol. The number of nitrogens with one attached hydrogen (secondary N) is 1. The first kappa shape index (κ1) is 17.3. The second kappa shape index (κ2) is 8.53. The van der Waals surface area contributed by atoms with E-state index in [0.717, 1.165) is 21.7 Å². The molecule has 0 atom stereocenters. The Morgan fingerprint density at radius 2 is 1.88 bits per heavy atom. The van der Waals surface area contributed by atoms with Crippen LogP contribution >= 0.6 is 11.8 Å². The molecule has 0 fully saturated rings. The number of rotatable bonds is 7. The lowest BCUT2D eigenvalue weighted by Gasteiger charge is -2.08. The molecule has 0 aliphatic carbocycles. The van der Waals surface area contributed by atoms with E-state index in [1.165, 1.54) is 17.3 Å². The Kier molecular flexibility index (Phi) is 5.90. The van der Waals surface area contributed by atoms with Crippen molar-refractivity contribution in [2.24, 2.45) is 0 Å². The van der Waals surface area contributed by atoms with E-state index in [1.54, 1.807) is 0 Å². The van der Waals surface area contributed by atoms with Crippen LogP contribution in [0, 0.1) is 6.92 Å². The molecule has 0 saturated heterocycles. The van der Waals surface area contributed by atoms with Crippen molar-refractivity contribution < 1.29 is 9.53 Å². The molecule has 0 bridgehead atoms. The molecule has 0 aliphatic heterocycles. The molecule has 1 amide bonds. The molecule has 25 heavy (non-hydrogen) atoms. The molecule has 4 nitrogen and oxygen atoms in total. The van der Waals surface area contributed by atoms with E-state index in [9.17, 15) is 4.79 Å². The zero-order chi connectivity index (χ0) is 17.5. The highest BCUT2D eigenvalue weighted by molar-refractivity contribution is 7.99. The number of fused-ring (bicyclic) bond motifs is 1. The molecule has 3 rings (SSSR count). The second-order valence-corrected chi connectivity index (χ2v) is 6.59. The van der Waals surface area contributed by atoms with Crippen LogP contribution in [0.4, 0.5) is 0 Å². The highest BCUT2D eigenvalue weighted by atomic mass is 32.2. The summed E-state index contributed by atoms with van der Waals surface area (Å²) >= 11 is 1.45. The quantitative estimate of drug-likeness (QED) is 0.519. The highest BCUT2D eigenvalue weighted by Crippen LogP contribution is 2.23. The summed E-state index contributed by atoms with van der Waals surface area (Å²) in [6, 6.07) is 19.6. The number of thioether (sulfide) groups is 1. The van der Waals surface area contributed by atoms with E-state index in [0.29, 0.717) is 18.9 Å². The Labute approximate surface area is 151 Å².